The van der Waals surface area contributed by atoms with E-state index in [1.165, 1.54) is 0 Å². The molecule has 7 heteroatoms. The Bertz CT molecular complexity index is 792. The zero-order valence-electron chi connectivity index (χ0n) is 13.6. The molecule has 6 nitrogen and oxygen atoms in total. The predicted octanol–water partition coefficient (Wildman–Crippen LogP) is 3.20. The van der Waals surface area contributed by atoms with Gasteiger partial charge in [0.1, 0.15) is 0 Å². The number of nitrogens with zero attached hydrogens (tertiary/aromatic N) is 4. The van der Waals surface area contributed by atoms with Gasteiger partial charge in [-0.15, -0.1) is 11.8 Å². The van der Waals surface area contributed by atoms with Crippen LogP contribution in [0.3, 0.4) is 0 Å². The maximum atomic E-state index is 5.31. The van der Waals surface area contributed by atoms with Crippen LogP contribution in [0.1, 0.15) is 28.5 Å². The quantitative estimate of drug-likeness (QED) is 0.652. The first-order valence-corrected chi connectivity index (χ1v) is 8.69. The van der Waals surface area contributed by atoms with Gasteiger partial charge in [-0.3, -0.25) is 0 Å². The third-order valence-electron chi connectivity index (χ3n) is 3.44. The molecule has 0 bridgehead atoms. The van der Waals surface area contributed by atoms with Crippen molar-refractivity contribution in [3.8, 4) is 6.01 Å². The molecule has 3 rings (SSSR count). The molecule has 0 fully saturated rings. The third kappa shape index (κ3) is 4.32. The number of benzene rings is 1. The molecule has 0 amide bonds. The summed E-state index contributed by atoms with van der Waals surface area (Å²) < 4.78 is 10.3. The van der Waals surface area contributed by atoms with Gasteiger partial charge in [0.25, 0.3) is 0 Å². The van der Waals surface area contributed by atoms with Gasteiger partial charge in [0.15, 0.2) is 5.82 Å². The SMILES string of the molecule is COc1ncc(CSCc2noc(Cc3ccccc3)n2)c(C)n1. The zero-order chi connectivity index (χ0) is 16.8. The summed E-state index contributed by atoms with van der Waals surface area (Å²) >= 11 is 1.70. The van der Waals surface area contributed by atoms with E-state index in [-0.39, 0.29) is 0 Å². The Hall–Kier alpha value is -2.41. The van der Waals surface area contributed by atoms with Gasteiger partial charge in [0, 0.05) is 23.2 Å². The molecule has 0 aliphatic carbocycles. The summed E-state index contributed by atoms with van der Waals surface area (Å²) in [5.74, 6) is 2.82. The highest BCUT2D eigenvalue weighted by Gasteiger charge is 2.09. The Morgan fingerprint density at radius 2 is 1.96 bits per heavy atom. The number of aryl methyl sites for hydroxylation is 1. The molecule has 2 heterocycles. The van der Waals surface area contributed by atoms with Gasteiger partial charge in [0.05, 0.1) is 19.3 Å². The van der Waals surface area contributed by atoms with Gasteiger partial charge >= 0.3 is 6.01 Å². The molecule has 0 aliphatic heterocycles. The largest absolute Gasteiger partial charge is 0.467 e. The van der Waals surface area contributed by atoms with Crippen molar-refractivity contribution in [2.75, 3.05) is 7.11 Å². The van der Waals surface area contributed by atoms with E-state index in [2.05, 4.69) is 20.1 Å². The summed E-state index contributed by atoms with van der Waals surface area (Å²) in [5.41, 5.74) is 3.16. The first-order valence-electron chi connectivity index (χ1n) is 7.54. The van der Waals surface area contributed by atoms with Crippen LogP contribution in [0.15, 0.2) is 41.1 Å². The van der Waals surface area contributed by atoms with Crippen molar-refractivity contribution in [1.82, 2.24) is 20.1 Å². The minimum absolute atomic E-state index is 0.393. The number of rotatable bonds is 7. The minimum Gasteiger partial charge on any atom is -0.467 e. The summed E-state index contributed by atoms with van der Waals surface area (Å²) in [5, 5.41) is 4.04. The van der Waals surface area contributed by atoms with Gasteiger partial charge in [-0.25, -0.2) is 9.97 Å². The van der Waals surface area contributed by atoms with Gasteiger partial charge in [0.2, 0.25) is 5.89 Å². The van der Waals surface area contributed by atoms with Gasteiger partial charge in [-0.2, -0.15) is 4.98 Å². The summed E-state index contributed by atoms with van der Waals surface area (Å²) in [6.07, 6.45) is 2.45. The second-order valence-corrected chi connectivity index (χ2v) is 6.21. The Morgan fingerprint density at radius 3 is 2.71 bits per heavy atom. The fraction of sp³-hybridized carbons (Fsp3) is 0.294. The molecule has 0 saturated heterocycles. The van der Waals surface area contributed by atoms with E-state index in [0.29, 0.717) is 29.9 Å². The van der Waals surface area contributed by atoms with Gasteiger partial charge in [-0.1, -0.05) is 35.5 Å². The molecule has 24 heavy (non-hydrogen) atoms. The maximum absolute atomic E-state index is 5.31. The van der Waals surface area contributed by atoms with Crippen LogP contribution in [0.2, 0.25) is 0 Å². The third-order valence-corrected chi connectivity index (χ3v) is 4.42. The predicted molar refractivity (Wildman–Crippen MR) is 91.9 cm³/mol. The van der Waals surface area contributed by atoms with E-state index in [4.69, 9.17) is 9.26 Å². The Balaban J connectivity index is 1.52. The molecule has 1 aromatic carbocycles. The highest BCUT2D eigenvalue weighted by Crippen LogP contribution is 2.19. The zero-order valence-corrected chi connectivity index (χ0v) is 14.4. The van der Waals surface area contributed by atoms with Crippen LogP contribution in [-0.4, -0.2) is 27.2 Å². The fourth-order valence-corrected chi connectivity index (χ4v) is 3.06. The number of hydrogen-bond acceptors (Lipinski definition) is 7. The van der Waals surface area contributed by atoms with Crippen LogP contribution in [0.4, 0.5) is 0 Å². The summed E-state index contributed by atoms with van der Waals surface area (Å²) in [6, 6.07) is 10.5. The minimum atomic E-state index is 0.393. The number of methoxy groups -OCH3 is 1. The number of thioether (sulfide) groups is 1. The first-order chi connectivity index (χ1) is 11.7. The number of ether oxygens (including phenoxy) is 1. The second kappa shape index (κ2) is 7.92. The molecule has 0 aliphatic rings. The van der Waals surface area contributed by atoms with Crippen molar-refractivity contribution in [2.24, 2.45) is 0 Å². The lowest BCUT2D eigenvalue weighted by Crippen LogP contribution is -1.98. The van der Waals surface area contributed by atoms with Gasteiger partial charge in [-0.05, 0) is 12.5 Å². The lowest BCUT2D eigenvalue weighted by atomic mass is 10.1. The second-order valence-electron chi connectivity index (χ2n) is 5.23. The number of aromatic nitrogens is 4. The molecule has 0 N–H and O–H groups in total. The molecule has 124 valence electrons. The highest BCUT2D eigenvalue weighted by molar-refractivity contribution is 7.97. The summed E-state index contributed by atoms with van der Waals surface area (Å²) in [4.78, 5) is 12.8. The average Bonchev–Trinajstić information content (AvgIpc) is 3.04. The topological polar surface area (TPSA) is 73.9 Å². The van der Waals surface area contributed by atoms with E-state index < -0.39 is 0 Å². The Labute approximate surface area is 144 Å². The fourth-order valence-electron chi connectivity index (χ4n) is 2.15. The molecule has 0 radical (unpaired) electrons. The lowest BCUT2D eigenvalue weighted by molar-refractivity contribution is 0.378. The van der Waals surface area contributed by atoms with Crippen molar-refractivity contribution < 1.29 is 9.26 Å². The van der Waals surface area contributed by atoms with Crippen LogP contribution in [-0.2, 0) is 17.9 Å². The van der Waals surface area contributed by atoms with E-state index >= 15 is 0 Å². The summed E-state index contributed by atoms with van der Waals surface area (Å²) in [6.45, 7) is 1.95. The van der Waals surface area contributed by atoms with Crippen LogP contribution in [0.5, 0.6) is 6.01 Å². The monoisotopic (exact) mass is 342 g/mol. The summed E-state index contributed by atoms with van der Waals surface area (Å²) in [7, 11) is 1.56. The molecule has 0 unspecified atom stereocenters. The molecule has 0 spiro atoms. The highest BCUT2D eigenvalue weighted by atomic mass is 32.2. The van der Waals surface area contributed by atoms with Crippen LogP contribution in [0, 0.1) is 6.92 Å². The molecule has 3 aromatic rings. The van der Waals surface area contributed by atoms with Crippen molar-refractivity contribution in [3.63, 3.8) is 0 Å². The van der Waals surface area contributed by atoms with E-state index in [1.807, 2.05) is 37.3 Å². The smallest absolute Gasteiger partial charge is 0.316 e. The molecule has 0 atom stereocenters. The van der Waals surface area contributed by atoms with E-state index in [0.717, 1.165) is 22.6 Å². The molecule has 2 aromatic heterocycles. The standard InChI is InChI=1S/C17H18N4O2S/c1-12-14(9-18-17(19-12)22-2)10-24-11-15-20-16(23-21-15)8-13-6-4-3-5-7-13/h3-7,9H,8,10-11H2,1-2H3. The van der Waals surface area contributed by atoms with E-state index in [9.17, 15) is 0 Å². The Kier molecular flexibility index (Phi) is 5.43. The molecule has 0 saturated carbocycles. The van der Waals surface area contributed by atoms with Crippen molar-refractivity contribution in [1.29, 1.82) is 0 Å². The van der Waals surface area contributed by atoms with Crippen molar-refractivity contribution in [2.45, 2.75) is 24.9 Å². The van der Waals surface area contributed by atoms with Crippen LogP contribution >= 0.6 is 11.8 Å². The van der Waals surface area contributed by atoms with E-state index in [1.54, 1.807) is 25.1 Å². The van der Waals surface area contributed by atoms with Crippen molar-refractivity contribution >= 4 is 11.8 Å². The molecular weight excluding hydrogens is 324 g/mol. The van der Waals surface area contributed by atoms with Gasteiger partial charge < -0.3 is 9.26 Å². The normalized spacial score (nSPS) is 10.8. The average molecular weight is 342 g/mol. The first kappa shape index (κ1) is 16.4. The maximum Gasteiger partial charge on any atom is 0.316 e. The Morgan fingerprint density at radius 1 is 1.12 bits per heavy atom. The van der Waals surface area contributed by atoms with Crippen molar-refractivity contribution in [3.05, 3.63) is 65.1 Å². The molecular formula is C17H18N4O2S. The van der Waals surface area contributed by atoms with Crippen LogP contribution in [0.25, 0.3) is 0 Å². The van der Waals surface area contributed by atoms with Crippen LogP contribution < -0.4 is 4.74 Å². The number of hydrogen-bond donors (Lipinski definition) is 0. The lowest BCUT2D eigenvalue weighted by Gasteiger charge is -2.04.